The van der Waals surface area contributed by atoms with Gasteiger partial charge in [0, 0.05) is 11.6 Å². The Labute approximate surface area is 121 Å². The second-order valence-corrected chi connectivity index (χ2v) is 4.67. The lowest BCUT2D eigenvalue weighted by Gasteiger charge is -2.10. The molecule has 108 valence electrons. The van der Waals surface area contributed by atoms with Crippen LogP contribution in [0, 0.1) is 24.0 Å². The maximum Gasteiger partial charge on any atom is 0.312 e. The van der Waals surface area contributed by atoms with Crippen molar-refractivity contribution in [2.75, 3.05) is 0 Å². The summed E-state index contributed by atoms with van der Waals surface area (Å²) in [6.45, 7) is 3.80. The van der Waals surface area contributed by atoms with E-state index in [0.29, 0.717) is 5.75 Å². The number of carbonyl (C=O) groups is 1. The van der Waals surface area contributed by atoms with E-state index in [1.807, 2.05) is 26.0 Å². The van der Waals surface area contributed by atoms with Gasteiger partial charge in [0.25, 0.3) is 0 Å². The van der Waals surface area contributed by atoms with Crippen LogP contribution in [0.1, 0.15) is 21.5 Å². The molecule has 21 heavy (non-hydrogen) atoms. The van der Waals surface area contributed by atoms with Crippen molar-refractivity contribution in [1.82, 2.24) is 0 Å². The zero-order valence-corrected chi connectivity index (χ0v) is 11.6. The second kappa shape index (κ2) is 5.62. The molecule has 0 aliphatic heterocycles. The molecule has 0 fully saturated rings. The Morgan fingerprint density at radius 3 is 2.38 bits per heavy atom. The number of nitrogens with zero attached hydrogens (tertiary/aromatic N) is 1. The third-order valence-electron chi connectivity index (χ3n) is 2.99. The summed E-state index contributed by atoms with van der Waals surface area (Å²) >= 11 is 0. The summed E-state index contributed by atoms with van der Waals surface area (Å²) in [5.74, 6) is -0.136. The van der Waals surface area contributed by atoms with Crippen LogP contribution in [0.3, 0.4) is 0 Å². The minimum absolute atomic E-state index is 0.0645. The Bertz CT molecular complexity index is 726. The number of benzene rings is 2. The molecule has 2 N–H and O–H groups in total. The van der Waals surface area contributed by atoms with E-state index in [0.717, 1.165) is 17.2 Å². The largest absolute Gasteiger partial charge is 0.450 e. The van der Waals surface area contributed by atoms with Gasteiger partial charge < -0.3 is 10.5 Å². The second-order valence-electron chi connectivity index (χ2n) is 4.67. The van der Waals surface area contributed by atoms with E-state index >= 15 is 0 Å². The minimum Gasteiger partial charge on any atom is -0.450 e. The summed E-state index contributed by atoms with van der Waals surface area (Å²) in [6, 6.07) is 9.40. The summed E-state index contributed by atoms with van der Waals surface area (Å²) in [5.41, 5.74) is 6.82. The Hall–Kier alpha value is -2.89. The Morgan fingerprint density at radius 2 is 1.81 bits per heavy atom. The number of nitro benzene ring substituents is 1. The molecule has 0 saturated carbocycles. The molecular weight excluding hydrogens is 272 g/mol. The predicted molar refractivity (Wildman–Crippen MR) is 77.6 cm³/mol. The first-order valence-electron chi connectivity index (χ1n) is 6.22. The Balaban J connectivity index is 2.44. The number of hydrogen-bond acceptors (Lipinski definition) is 4. The van der Waals surface area contributed by atoms with Gasteiger partial charge in [-0.3, -0.25) is 14.9 Å². The average Bonchev–Trinajstić information content (AvgIpc) is 2.41. The number of rotatable bonds is 4. The molecule has 0 unspecified atom stereocenters. The highest BCUT2D eigenvalue weighted by Gasteiger charge is 2.19. The van der Waals surface area contributed by atoms with Gasteiger partial charge in [-0.15, -0.1) is 0 Å². The number of nitrogens with two attached hydrogens (primary N) is 1. The van der Waals surface area contributed by atoms with Crippen LogP contribution in [0.4, 0.5) is 5.69 Å². The molecule has 0 aliphatic rings. The van der Waals surface area contributed by atoms with Gasteiger partial charge >= 0.3 is 5.69 Å². The van der Waals surface area contributed by atoms with Gasteiger partial charge in [-0.25, -0.2) is 0 Å². The summed E-state index contributed by atoms with van der Waals surface area (Å²) < 4.78 is 5.60. The molecule has 0 saturated heterocycles. The van der Waals surface area contributed by atoms with Crippen molar-refractivity contribution in [2.24, 2.45) is 5.73 Å². The van der Waals surface area contributed by atoms with E-state index in [2.05, 4.69) is 0 Å². The first-order valence-corrected chi connectivity index (χ1v) is 6.22. The normalized spacial score (nSPS) is 10.2. The maximum atomic E-state index is 11.1. The van der Waals surface area contributed by atoms with E-state index in [-0.39, 0.29) is 17.0 Å². The molecule has 0 heterocycles. The summed E-state index contributed by atoms with van der Waals surface area (Å²) in [7, 11) is 0. The van der Waals surface area contributed by atoms with Gasteiger partial charge in [0.2, 0.25) is 11.7 Å². The monoisotopic (exact) mass is 286 g/mol. The van der Waals surface area contributed by atoms with Gasteiger partial charge in [-0.2, -0.15) is 0 Å². The third kappa shape index (κ3) is 3.17. The molecule has 1 amide bonds. The number of hydrogen-bond donors (Lipinski definition) is 1. The van der Waals surface area contributed by atoms with Crippen molar-refractivity contribution in [3.63, 3.8) is 0 Å². The molecule has 6 nitrogen and oxygen atoms in total. The summed E-state index contributed by atoms with van der Waals surface area (Å²) in [6.07, 6.45) is 0. The number of nitro groups is 1. The van der Waals surface area contributed by atoms with Crippen molar-refractivity contribution < 1.29 is 14.5 Å². The zero-order chi connectivity index (χ0) is 15.6. The van der Waals surface area contributed by atoms with Gasteiger partial charge in [-0.1, -0.05) is 17.7 Å². The van der Waals surface area contributed by atoms with Crippen molar-refractivity contribution in [3.8, 4) is 11.5 Å². The van der Waals surface area contributed by atoms with Crippen LogP contribution in [0.5, 0.6) is 11.5 Å². The fraction of sp³-hybridized carbons (Fsp3) is 0.133. The highest BCUT2D eigenvalue weighted by atomic mass is 16.6. The molecule has 2 rings (SSSR count). The minimum atomic E-state index is -0.726. The first-order chi connectivity index (χ1) is 9.88. The van der Waals surface area contributed by atoms with Gasteiger partial charge in [0.05, 0.1) is 4.92 Å². The standard InChI is InChI=1S/C15H14N2O4/c1-9-3-5-13(10(2)7-9)21-14-6-4-11(15(16)18)8-12(14)17(19)20/h3-8H,1-2H3,(H2,16,18). The Morgan fingerprint density at radius 1 is 1.14 bits per heavy atom. The number of carbonyl (C=O) groups excluding carboxylic acids is 1. The molecule has 2 aromatic rings. The van der Waals surface area contributed by atoms with Gasteiger partial charge in [-0.05, 0) is 37.6 Å². The predicted octanol–water partition coefficient (Wildman–Crippen LogP) is 3.10. The molecule has 0 aliphatic carbocycles. The van der Waals surface area contributed by atoms with Crippen LogP contribution >= 0.6 is 0 Å². The SMILES string of the molecule is Cc1ccc(Oc2ccc(C(N)=O)cc2[N+](=O)[O-])c(C)c1. The van der Waals surface area contributed by atoms with Crippen LogP contribution in [0.15, 0.2) is 36.4 Å². The quantitative estimate of drug-likeness (QED) is 0.690. The van der Waals surface area contributed by atoms with Gasteiger partial charge in [0.15, 0.2) is 0 Å². The average molecular weight is 286 g/mol. The van der Waals surface area contributed by atoms with Crippen LogP contribution in [0.25, 0.3) is 0 Å². The topological polar surface area (TPSA) is 95.5 Å². The molecule has 0 radical (unpaired) electrons. The van der Waals surface area contributed by atoms with Crippen molar-refractivity contribution in [2.45, 2.75) is 13.8 Å². The first kappa shape index (κ1) is 14.5. The van der Waals surface area contributed by atoms with Crippen molar-refractivity contribution in [1.29, 1.82) is 0 Å². The molecule has 0 spiro atoms. The number of primary amides is 1. The Kier molecular flexibility index (Phi) is 3.89. The number of aryl methyl sites for hydroxylation is 2. The smallest absolute Gasteiger partial charge is 0.312 e. The van der Waals surface area contributed by atoms with Gasteiger partial charge in [0.1, 0.15) is 5.75 Å². The summed E-state index contributed by atoms with van der Waals surface area (Å²) in [4.78, 5) is 21.6. The van der Waals surface area contributed by atoms with Crippen LogP contribution < -0.4 is 10.5 Å². The van der Waals surface area contributed by atoms with E-state index in [1.54, 1.807) is 6.07 Å². The maximum absolute atomic E-state index is 11.1. The lowest BCUT2D eigenvalue weighted by molar-refractivity contribution is -0.385. The van der Waals surface area contributed by atoms with Crippen LogP contribution in [-0.4, -0.2) is 10.8 Å². The van der Waals surface area contributed by atoms with Crippen LogP contribution in [-0.2, 0) is 0 Å². The van der Waals surface area contributed by atoms with E-state index < -0.39 is 10.8 Å². The van der Waals surface area contributed by atoms with E-state index in [4.69, 9.17) is 10.5 Å². The highest BCUT2D eigenvalue weighted by molar-refractivity contribution is 5.93. The van der Waals surface area contributed by atoms with Crippen LogP contribution in [0.2, 0.25) is 0 Å². The lowest BCUT2D eigenvalue weighted by Crippen LogP contribution is -2.11. The lowest BCUT2D eigenvalue weighted by atomic mass is 10.1. The molecule has 2 aromatic carbocycles. The molecule has 0 atom stereocenters. The fourth-order valence-corrected chi connectivity index (χ4v) is 1.93. The zero-order valence-electron chi connectivity index (χ0n) is 11.6. The third-order valence-corrected chi connectivity index (χ3v) is 2.99. The fourth-order valence-electron chi connectivity index (χ4n) is 1.93. The molecule has 0 aromatic heterocycles. The highest BCUT2D eigenvalue weighted by Crippen LogP contribution is 2.33. The molecular formula is C15H14N2O4. The number of amides is 1. The van der Waals surface area contributed by atoms with E-state index in [9.17, 15) is 14.9 Å². The van der Waals surface area contributed by atoms with Crippen molar-refractivity contribution >= 4 is 11.6 Å². The van der Waals surface area contributed by atoms with Crippen molar-refractivity contribution in [3.05, 3.63) is 63.2 Å². The summed E-state index contributed by atoms with van der Waals surface area (Å²) in [5, 5.41) is 11.1. The molecule has 0 bridgehead atoms. The van der Waals surface area contributed by atoms with E-state index in [1.165, 1.54) is 12.1 Å². The molecule has 6 heteroatoms. The number of ether oxygens (including phenoxy) is 1.